The number of nitriles is 1. The van der Waals surface area contributed by atoms with Gasteiger partial charge in [-0.1, -0.05) is 62.1 Å². The van der Waals surface area contributed by atoms with Crippen LogP contribution in [0.1, 0.15) is 37.2 Å². The molecule has 0 spiro atoms. The van der Waals surface area contributed by atoms with Gasteiger partial charge in [0, 0.05) is 41.4 Å². The summed E-state index contributed by atoms with van der Waals surface area (Å²) in [6, 6.07) is 22.9. The van der Waals surface area contributed by atoms with E-state index in [0.717, 1.165) is 45.0 Å². The number of aryl methyl sites for hydroxylation is 3. The van der Waals surface area contributed by atoms with Crippen LogP contribution < -0.4 is 15.3 Å². The number of aromatic nitrogens is 4. The van der Waals surface area contributed by atoms with Gasteiger partial charge in [0.25, 0.3) is 0 Å². The molecule has 202 valence electrons. The predicted molar refractivity (Wildman–Crippen MR) is 166 cm³/mol. The summed E-state index contributed by atoms with van der Waals surface area (Å²) in [6.45, 7) is 8.95. The third kappa shape index (κ3) is 3.94. The van der Waals surface area contributed by atoms with E-state index in [1.807, 2.05) is 65.8 Å². The molecule has 2 aromatic carbocycles. The normalized spacial score (nSPS) is 20.8. The van der Waals surface area contributed by atoms with Crippen LogP contribution >= 0.6 is 6.19 Å². The number of hydrogen-bond acceptors (Lipinski definition) is 6. The molecule has 2 aliphatic heterocycles. The lowest BCUT2D eigenvalue weighted by Gasteiger charge is -2.35. The molecule has 10 heteroatoms. The van der Waals surface area contributed by atoms with Crippen LogP contribution in [0.2, 0.25) is 0 Å². The molecule has 6 rings (SSSR count). The number of fused-ring (bicyclic) bond motifs is 2. The molecular formula is C30H31N8PS. The van der Waals surface area contributed by atoms with Crippen LogP contribution in [0.15, 0.2) is 76.7 Å². The van der Waals surface area contributed by atoms with Gasteiger partial charge in [0.1, 0.15) is 12.0 Å². The molecule has 0 saturated carbocycles. The molecule has 1 atom stereocenters. The number of likely N-dealkylation sites (N-methyl/N-ethyl adjacent to an activating group) is 1. The zero-order valence-corrected chi connectivity index (χ0v) is 25.0. The Hall–Kier alpha value is -3.99. The van der Waals surface area contributed by atoms with Crippen molar-refractivity contribution < 1.29 is 0 Å². The van der Waals surface area contributed by atoms with Crippen LogP contribution in [-0.2, 0) is 23.8 Å². The minimum absolute atomic E-state index is 0.295. The maximum Gasteiger partial charge on any atom is 0.161 e. The molecule has 2 aromatic heterocycles. The van der Waals surface area contributed by atoms with Crippen molar-refractivity contribution in [2.75, 3.05) is 17.0 Å². The smallest absolute Gasteiger partial charge is 0.161 e. The fourth-order valence-electron chi connectivity index (χ4n) is 5.98. The van der Waals surface area contributed by atoms with Crippen LogP contribution in [0.25, 0.3) is 5.69 Å². The summed E-state index contributed by atoms with van der Waals surface area (Å²) in [6.07, 6.45) is -0.483. The van der Waals surface area contributed by atoms with Crippen molar-refractivity contribution in [3.8, 4) is 11.8 Å². The Morgan fingerprint density at radius 2 is 1.77 bits per heavy atom. The topological polar surface area (TPSA) is 87.1 Å². The summed E-state index contributed by atoms with van der Waals surface area (Å²) < 4.78 is 3.75. The predicted octanol–water partition coefficient (Wildman–Crippen LogP) is 6.09. The van der Waals surface area contributed by atoms with Gasteiger partial charge in [0.05, 0.1) is 41.4 Å². The summed E-state index contributed by atoms with van der Waals surface area (Å²) in [7, 11) is 2.11. The zero-order chi connectivity index (χ0) is 28.2. The van der Waals surface area contributed by atoms with Crippen LogP contribution in [0, 0.1) is 25.2 Å². The Balaban J connectivity index is 1.61. The van der Waals surface area contributed by atoms with Gasteiger partial charge in [-0.15, -0.1) is 0 Å². The second-order valence-corrected chi connectivity index (χ2v) is 14.7. The van der Waals surface area contributed by atoms with Gasteiger partial charge in [-0.3, -0.25) is 0 Å². The first-order chi connectivity index (χ1) is 19.2. The average molecular weight is 567 g/mol. The summed E-state index contributed by atoms with van der Waals surface area (Å²) in [5, 5.41) is 24.7. The molecule has 2 aliphatic rings. The molecule has 1 N–H and O–H groups in total. The van der Waals surface area contributed by atoms with E-state index in [2.05, 4.69) is 61.2 Å². The lowest BCUT2D eigenvalue weighted by Crippen LogP contribution is -2.29. The van der Waals surface area contributed by atoms with Gasteiger partial charge in [0.15, 0.2) is 5.82 Å². The van der Waals surface area contributed by atoms with Gasteiger partial charge in [-0.25, -0.2) is 14.4 Å². The first-order valence-electron chi connectivity index (χ1n) is 13.2. The number of allylic oxidation sites excluding steroid dienone is 2. The zero-order valence-electron chi connectivity index (χ0n) is 23.3. The fourth-order valence-corrected chi connectivity index (χ4v) is 10.2. The van der Waals surface area contributed by atoms with Gasteiger partial charge in [0.2, 0.25) is 0 Å². The van der Waals surface area contributed by atoms with Gasteiger partial charge in [-0.05, 0) is 37.6 Å². The number of benzene rings is 2. The molecule has 1 unspecified atom stereocenters. The molecule has 8 nitrogen and oxygen atoms in total. The van der Waals surface area contributed by atoms with Crippen LogP contribution in [0.5, 0.6) is 0 Å². The largest absolute Gasteiger partial charge is 0.346 e. The lowest BCUT2D eigenvalue weighted by atomic mass is 9.84. The Bertz CT molecular complexity index is 1790. The lowest BCUT2D eigenvalue weighted by molar-refractivity contribution is 0.626. The number of nitrogens with zero attached hydrogens (tertiary/aromatic N) is 7. The van der Waals surface area contributed by atoms with Crippen molar-refractivity contribution in [2.24, 2.45) is 4.99 Å². The Labute approximate surface area is 239 Å². The highest BCUT2D eigenvalue weighted by atomic mass is 32.4. The van der Waals surface area contributed by atoms with E-state index in [1.54, 1.807) is 0 Å². The van der Waals surface area contributed by atoms with E-state index in [-0.39, 0.29) is 5.41 Å². The first-order valence-corrected chi connectivity index (χ1v) is 16.0. The standard InChI is InChI=1S/C30H31N8PS/c1-20-18-26(38(33-20)22-12-7-6-8-13-22)35-39(40)25(19-32-29-27(39)21(2)34-37(29)17-11-16-31)28-30(3,4)23-14-9-10-15-24(23)36(28)5/h6-10,12-15,18-19H,11,17H2,1-5H3,(H,35,40)/b28-25-. The third-order valence-corrected chi connectivity index (χ3v) is 11.8. The Kier molecular flexibility index (Phi) is 6.29. The average Bonchev–Trinajstić information content (AvgIpc) is 3.53. The third-order valence-electron chi connectivity index (χ3n) is 7.68. The van der Waals surface area contributed by atoms with E-state index in [1.165, 1.54) is 11.3 Å². The number of para-hydroxylation sites is 2. The van der Waals surface area contributed by atoms with Crippen molar-refractivity contribution in [2.45, 2.75) is 46.1 Å². The van der Waals surface area contributed by atoms with Crippen LogP contribution in [0.3, 0.4) is 0 Å². The minimum Gasteiger partial charge on any atom is -0.346 e. The number of aliphatic imine (C=N–C) groups is 1. The van der Waals surface area contributed by atoms with Crippen LogP contribution in [0.4, 0.5) is 17.3 Å². The van der Waals surface area contributed by atoms with Crippen molar-refractivity contribution in [1.82, 2.24) is 19.6 Å². The van der Waals surface area contributed by atoms with E-state index in [0.29, 0.717) is 13.0 Å². The van der Waals surface area contributed by atoms with Gasteiger partial charge >= 0.3 is 0 Å². The number of nitrogens with one attached hydrogen (secondary N) is 1. The quantitative estimate of drug-likeness (QED) is 0.295. The van der Waals surface area contributed by atoms with E-state index >= 15 is 0 Å². The fraction of sp³-hybridized carbons (Fsp3) is 0.267. The van der Waals surface area contributed by atoms with Gasteiger partial charge in [-0.2, -0.15) is 15.5 Å². The molecule has 0 aliphatic carbocycles. The molecule has 0 radical (unpaired) electrons. The monoisotopic (exact) mass is 566 g/mol. The summed E-state index contributed by atoms with van der Waals surface area (Å²) >= 11 is 6.81. The number of rotatable bonds is 5. The van der Waals surface area contributed by atoms with E-state index < -0.39 is 6.19 Å². The number of anilines is 2. The highest BCUT2D eigenvalue weighted by molar-refractivity contribution is 8.21. The molecule has 0 amide bonds. The summed E-state index contributed by atoms with van der Waals surface area (Å²) in [5.41, 5.74) is 5.93. The van der Waals surface area contributed by atoms with Crippen molar-refractivity contribution in [3.05, 3.63) is 88.6 Å². The minimum atomic E-state index is -2.77. The highest BCUT2D eigenvalue weighted by Crippen LogP contribution is 2.62. The van der Waals surface area contributed by atoms with E-state index in [4.69, 9.17) is 27.0 Å². The summed E-state index contributed by atoms with van der Waals surface area (Å²) in [4.78, 5) is 7.22. The van der Waals surface area contributed by atoms with Crippen molar-refractivity contribution >= 4 is 46.8 Å². The molecule has 40 heavy (non-hydrogen) atoms. The van der Waals surface area contributed by atoms with Crippen LogP contribution in [-0.4, -0.2) is 32.8 Å². The molecule has 4 heterocycles. The van der Waals surface area contributed by atoms with Gasteiger partial charge < -0.3 is 9.99 Å². The summed E-state index contributed by atoms with van der Waals surface area (Å²) in [5.74, 6) is 1.55. The molecule has 0 fully saturated rings. The molecule has 4 aromatic rings. The Morgan fingerprint density at radius 1 is 1.05 bits per heavy atom. The van der Waals surface area contributed by atoms with Crippen molar-refractivity contribution in [1.29, 1.82) is 5.26 Å². The second kappa shape index (κ2) is 9.58. The highest BCUT2D eigenvalue weighted by Gasteiger charge is 2.46. The maximum absolute atomic E-state index is 9.26. The first kappa shape index (κ1) is 26.2. The second-order valence-electron chi connectivity index (χ2n) is 10.7. The molecule has 0 saturated heterocycles. The molecule has 0 bridgehead atoms. The SMILES string of the molecule is Cc1cc(NP2(=S)/C(=C3\N(C)c4ccccc4C3(C)C)C=Nc3c2c(C)nn3CCC#N)n(-c2ccccc2)n1. The maximum atomic E-state index is 9.26. The Morgan fingerprint density at radius 3 is 2.50 bits per heavy atom. The van der Waals surface area contributed by atoms with E-state index in [9.17, 15) is 5.26 Å². The molecular weight excluding hydrogens is 535 g/mol. The van der Waals surface area contributed by atoms with Crippen molar-refractivity contribution in [3.63, 3.8) is 0 Å². The number of hydrogen-bond donors (Lipinski definition) is 1.